The van der Waals surface area contributed by atoms with Gasteiger partial charge in [0.15, 0.2) is 0 Å². The van der Waals surface area contributed by atoms with Crippen LogP contribution in [-0.2, 0) is 7.05 Å². The van der Waals surface area contributed by atoms with Crippen LogP contribution in [0.1, 0.15) is 31.0 Å². The molecule has 0 radical (unpaired) electrons. The molecule has 0 saturated carbocycles. The van der Waals surface area contributed by atoms with Gasteiger partial charge in [0.2, 0.25) is 0 Å². The normalized spacial score (nSPS) is 12.2. The van der Waals surface area contributed by atoms with Crippen molar-refractivity contribution in [3.05, 3.63) is 11.3 Å². The number of aryl methyl sites for hydroxylation is 2. The summed E-state index contributed by atoms with van der Waals surface area (Å²) in [7, 11) is 1.83. The van der Waals surface area contributed by atoms with Crippen LogP contribution in [0.4, 0.5) is 5.82 Å². The van der Waals surface area contributed by atoms with Crippen molar-refractivity contribution in [3.63, 3.8) is 0 Å². The summed E-state index contributed by atoms with van der Waals surface area (Å²) in [5.41, 5.74) is 7.04. The lowest BCUT2D eigenvalue weighted by atomic mass is 10.1. The first kappa shape index (κ1) is 12.5. The summed E-state index contributed by atoms with van der Waals surface area (Å²) in [6, 6.07) is 2.37. The second-order valence-electron chi connectivity index (χ2n) is 3.91. The van der Waals surface area contributed by atoms with Crippen molar-refractivity contribution in [2.45, 2.75) is 32.7 Å². The van der Waals surface area contributed by atoms with Gasteiger partial charge >= 0.3 is 0 Å². The molecular weight excluding hydrogens is 202 g/mol. The fourth-order valence-electron chi connectivity index (χ4n) is 1.75. The lowest BCUT2D eigenvalue weighted by Crippen LogP contribution is -2.29. The number of nitrogens with zero attached hydrogens (tertiary/aromatic N) is 3. The SMILES string of the molecule is CCCC(CN)Nc1c(C#N)c(C)nn1C. The van der Waals surface area contributed by atoms with Gasteiger partial charge in [-0.25, -0.2) is 0 Å². The number of aromatic nitrogens is 2. The van der Waals surface area contributed by atoms with Gasteiger partial charge in [0.05, 0.1) is 5.69 Å². The zero-order valence-electron chi connectivity index (χ0n) is 10.1. The van der Waals surface area contributed by atoms with Crippen LogP contribution in [-0.4, -0.2) is 22.4 Å². The van der Waals surface area contributed by atoms with E-state index in [1.54, 1.807) is 4.68 Å². The van der Waals surface area contributed by atoms with Crippen molar-refractivity contribution >= 4 is 5.82 Å². The van der Waals surface area contributed by atoms with E-state index in [1.165, 1.54) is 0 Å². The molecule has 0 aliphatic carbocycles. The van der Waals surface area contributed by atoms with Gasteiger partial charge in [0, 0.05) is 19.6 Å². The van der Waals surface area contributed by atoms with Crippen molar-refractivity contribution < 1.29 is 0 Å². The molecule has 5 heteroatoms. The number of anilines is 1. The second kappa shape index (κ2) is 5.52. The molecule has 1 rings (SSSR count). The predicted octanol–water partition coefficient (Wildman–Crippen LogP) is 1.14. The smallest absolute Gasteiger partial charge is 0.142 e. The lowest BCUT2D eigenvalue weighted by Gasteiger charge is -2.17. The topological polar surface area (TPSA) is 79.7 Å². The summed E-state index contributed by atoms with van der Waals surface area (Å²) < 4.78 is 1.70. The predicted molar refractivity (Wildman–Crippen MR) is 64.0 cm³/mol. The average Bonchev–Trinajstić information content (AvgIpc) is 2.52. The van der Waals surface area contributed by atoms with Gasteiger partial charge in [0.1, 0.15) is 17.5 Å². The summed E-state index contributed by atoms with van der Waals surface area (Å²) in [4.78, 5) is 0. The summed E-state index contributed by atoms with van der Waals surface area (Å²) in [5.74, 6) is 0.768. The third kappa shape index (κ3) is 2.52. The van der Waals surface area contributed by atoms with Crippen molar-refractivity contribution in [1.82, 2.24) is 9.78 Å². The number of hydrogen-bond donors (Lipinski definition) is 2. The van der Waals surface area contributed by atoms with E-state index in [9.17, 15) is 0 Å². The fraction of sp³-hybridized carbons (Fsp3) is 0.636. The number of nitriles is 1. The molecule has 0 saturated heterocycles. The zero-order valence-corrected chi connectivity index (χ0v) is 10.1. The zero-order chi connectivity index (χ0) is 12.1. The van der Waals surface area contributed by atoms with Crippen LogP contribution in [0, 0.1) is 18.3 Å². The molecule has 0 spiro atoms. The van der Waals surface area contributed by atoms with Gasteiger partial charge in [-0.15, -0.1) is 0 Å². The van der Waals surface area contributed by atoms with Crippen molar-refractivity contribution in [3.8, 4) is 6.07 Å². The second-order valence-corrected chi connectivity index (χ2v) is 3.91. The van der Waals surface area contributed by atoms with Gasteiger partial charge in [-0.3, -0.25) is 4.68 Å². The molecule has 0 aromatic carbocycles. The Morgan fingerprint density at radius 2 is 2.31 bits per heavy atom. The van der Waals surface area contributed by atoms with Crippen LogP contribution >= 0.6 is 0 Å². The third-order valence-electron chi connectivity index (χ3n) is 2.60. The van der Waals surface area contributed by atoms with E-state index in [-0.39, 0.29) is 6.04 Å². The van der Waals surface area contributed by atoms with Crippen LogP contribution in [0.5, 0.6) is 0 Å². The van der Waals surface area contributed by atoms with Crippen LogP contribution in [0.3, 0.4) is 0 Å². The van der Waals surface area contributed by atoms with E-state index in [0.717, 1.165) is 24.4 Å². The Labute approximate surface area is 96.2 Å². The quantitative estimate of drug-likeness (QED) is 0.781. The Bertz CT molecular complexity index is 388. The molecule has 3 N–H and O–H groups in total. The van der Waals surface area contributed by atoms with Crippen molar-refractivity contribution in [2.75, 3.05) is 11.9 Å². The highest BCUT2D eigenvalue weighted by molar-refractivity contribution is 5.55. The molecule has 0 bridgehead atoms. The first-order valence-electron chi connectivity index (χ1n) is 5.54. The highest BCUT2D eigenvalue weighted by atomic mass is 15.3. The standard InChI is InChI=1S/C11H19N5/c1-4-5-9(6-12)14-11-10(7-13)8(2)15-16(11)3/h9,14H,4-6,12H2,1-3H3. The van der Waals surface area contributed by atoms with E-state index >= 15 is 0 Å². The van der Waals surface area contributed by atoms with Gasteiger partial charge in [-0.1, -0.05) is 13.3 Å². The average molecular weight is 221 g/mol. The lowest BCUT2D eigenvalue weighted by molar-refractivity contribution is 0.635. The number of nitrogens with one attached hydrogen (secondary N) is 1. The molecule has 1 unspecified atom stereocenters. The summed E-state index contributed by atoms with van der Waals surface area (Å²) >= 11 is 0. The minimum absolute atomic E-state index is 0.201. The molecule has 1 heterocycles. The Morgan fingerprint density at radius 1 is 1.62 bits per heavy atom. The summed E-state index contributed by atoms with van der Waals surface area (Å²) in [5, 5.41) is 16.6. The molecule has 0 aliphatic rings. The third-order valence-corrected chi connectivity index (χ3v) is 2.60. The van der Waals surface area contributed by atoms with Crippen LogP contribution in [0.15, 0.2) is 0 Å². The number of hydrogen-bond acceptors (Lipinski definition) is 4. The molecule has 1 aromatic heterocycles. The fourth-order valence-corrected chi connectivity index (χ4v) is 1.75. The summed E-state index contributed by atoms with van der Waals surface area (Å²) in [6.45, 7) is 4.51. The minimum atomic E-state index is 0.201. The molecule has 0 fully saturated rings. The maximum Gasteiger partial charge on any atom is 0.142 e. The van der Waals surface area contributed by atoms with Crippen LogP contribution in [0.2, 0.25) is 0 Å². The first-order valence-corrected chi connectivity index (χ1v) is 5.54. The number of rotatable bonds is 5. The van der Waals surface area contributed by atoms with Gasteiger partial charge in [0.25, 0.3) is 0 Å². The monoisotopic (exact) mass is 221 g/mol. The van der Waals surface area contributed by atoms with E-state index in [0.29, 0.717) is 12.1 Å². The molecule has 0 aliphatic heterocycles. The number of nitrogens with two attached hydrogens (primary N) is 1. The van der Waals surface area contributed by atoms with Gasteiger partial charge in [-0.2, -0.15) is 10.4 Å². The Kier molecular flexibility index (Phi) is 4.32. The first-order chi connectivity index (χ1) is 7.63. The van der Waals surface area contributed by atoms with E-state index in [2.05, 4.69) is 23.4 Å². The Hall–Kier alpha value is -1.54. The molecule has 1 aromatic rings. The molecule has 16 heavy (non-hydrogen) atoms. The molecule has 0 amide bonds. The van der Waals surface area contributed by atoms with Crippen LogP contribution < -0.4 is 11.1 Å². The molecule has 1 atom stereocenters. The molecular formula is C11H19N5. The highest BCUT2D eigenvalue weighted by Gasteiger charge is 2.15. The van der Waals surface area contributed by atoms with E-state index in [4.69, 9.17) is 11.0 Å². The highest BCUT2D eigenvalue weighted by Crippen LogP contribution is 2.18. The molecule has 5 nitrogen and oxygen atoms in total. The van der Waals surface area contributed by atoms with Gasteiger partial charge < -0.3 is 11.1 Å². The Balaban J connectivity index is 2.91. The van der Waals surface area contributed by atoms with Crippen molar-refractivity contribution in [1.29, 1.82) is 5.26 Å². The minimum Gasteiger partial charge on any atom is -0.365 e. The maximum absolute atomic E-state index is 9.05. The largest absolute Gasteiger partial charge is 0.365 e. The van der Waals surface area contributed by atoms with E-state index < -0.39 is 0 Å². The summed E-state index contributed by atoms with van der Waals surface area (Å²) in [6.07, 6.45) is 2.05. The van der Waals surface area contributed by atoms with Crippen LogP contribution in [0.25, 0.3) is 0 Å². The Morgan fingerprint density at radius 3 is 2.81 bits per heavy atom. The molecule has 88 valence electrons. The van der Waals surface area contributed by atoms with E-state index in [1.807, 2.05) is 14.0 Å². The maximum atomic E-state index is 9.05. The van der Waals surface area contributed by atoms with Crippen molar-refractivity contribution in [2.24, 2.45) is 12.8 Å². The van der Waals surface area contributed by atoms with Gasteiger partial charge in [-0.05, 0) is 13.3 Å².